The summed E-state index contributed by atoms with van der Waals surface area (Å²) in [5.41, 5.74) is -0.0919. The number of methoxy groups -OCH3 is 1. The zero-order chi connectivity index (χ0) is 11.9. The zero-order valence-corrected chi connectivity index (χ0v) is 8.78. The van der Waals surface area contributed by atoms with E-state index in [1.807, 2.05) is 0 Å². The molecule has 0 unspecified atom stereocenters. The highest BCUT2D eigenvalue weighted by molar-refractivity contribution is 7.82. The van der Waals surface area contributed by atoms with Crippen LogP contribution in [0.1, 0.15) is 10.4 Å². The van der Waals surface area contributed by atoms with Crippen LogP contribution in [-0.4, -0.2) is 26.9 Å². The Kier molecular flexibility index (Phi) is 2.16. The summed E-state index contributed by atoms with van der Waals surface area (Å²) in [4.78, 5) is 10.7. The van der Waals surface area contributed by atoms with Crippen molar-refractivity contribution < 1.29 is 31.4 Å². The lowest BCUT2D eigenvalue weighted by atomic mass is 10.1. The van der Waals surface area contributed by atoms with Crippen LogP contribution >= 0.6 is 0 Å². The lowest BCUT2D eigenvalue weighted by Gasteiger charge is -2.06. The Hall–Kier alpha value is -1.96. The molecule has 0 atom stereocenters. The van der Waals surface area contributed by atoms with Gasteiger partial charge in [-0.15, -0.1) is 8.42 Å². The van der Waals surface area contributed by atoms with Gasteiger partial charge in [-0.25, -0.2) is 0 Å². The van der Waals surface area contributed by atoms with Crippen molar-refractivity contribution in [3.05, 3.63) is 11.6 Å². The van der Waals surface area contributed by atoms with Crippen LogP contribution in [0.4, 0.5) is 0 Å². The lowest BCUT2D eigenvalue weighted by Crippen LogP contribution is -2.14. The van der Waals surface area contributed by atoms with E-state index in [2.05, 4.69) is 8.37 Å². The number of hydrogen-bond donors (Lipinski definition) is 1. The number of carbonyl (C=O) groups excluding carboxylic acids is 1. The number of aromatic hydroxyl groups is 1. The van der Waals surface area contributed by atoms with Gasteiger partial charge in [-0.3, -0.25) is 4.79 Å². The van der Waals surface area contributed by atoms with E-state index in [1.165, 1.54) is 7.11 Å². The molecule has 0 saturated heterocycles. The molecular formula is C8H6O7S. The smallest absolute Gasteiger partial charge is 0.501 e. The Bertz CT molecular complexity index is 560. The second-order valence-corrected chi connectivity index (χ2v) is 4.02. The van der Waals surface area contributed by atoms with Crippen molar-refractivity contribution in [3.63, 3.8) is 0 Å². The van der Waals surface area contributed by atoms with Crippen molar-refractivity contribution in [3.8, 4) is 23.0 Å². The van der Waals surface area contributed by atoms with Crippen molar-refractivity contribution in [2.75, 3.05) is 7.11 Å². The molecule has 0 radical (unpaired) electrons. The molecule has 2 aliphatic rings. The lowest BCUT2D eigenvalue weighted by molar-refractivity contribution is 0.112. The quantitative estimate of drug-likeness (QED) is 0.745. The molecule has 1 aromatic rings. The van der Waals surface area contributed by atoms with E-state index in [0.29, 0.717) is 6.29 Å². The zero-order valence-electron chi connectivity index (χ0n) is 7.96. The third-order valence-electron chi connectivity index (χ3n) is 1.91. The Morgan fingerprint density at radius 1 is 1.44 bits per heavy atom. The van der Waals surface area contributed by atoms with E-state index in [0.717, 1.165) is 6.07 Å². The molecule has 16 heavy (non-hydrogen) atoms. The average molecular weight is 246 g/mol. The summed E-state index contributed by atoms with van der Waals surface area (Å²) in [6.07, 6.45) is 0.366. The fraction of sp³-hybridized carbons (Fsp3) is 0.125. The first-order valence-electron chi connectivity index (χ1n) is 4.01. The summed E-state index contributed by atoms with van der Waals surface area (Å²) in [6.45, 7) is 0. The second-order valence-electron chi connectivity index (χ2n) is 2.87. The topological polar surface area (TPSA) is 99.1 Å². The highest BCUT2D eigenvalue weighted by atomic mass is 32.3. The first-order chi connectivity index (χ1) is 7.48. The number of phenols is 1. The SMILES string of the molecule is COc1c(O)c2cc(C=O)c1OS(=O)(=O)O2. The molecule has 7 nitrogen and oxygen atoms in total. The molecule has 2 heterocycles. The van der Waals surface area contributed by atoms with E-state index >= 15 is 0 Å². The maximum Gasteiger partial charge on any atom is 0.501 e. The third kappa shape index (κ3) is 1.43. The average Bonchev–Trinajstić information content (AvgIpc) is 2.39. The Balaban J connectivity index is 2.82. The first-order valence-corrected chi connectivity index (χ1v) is 5.35. The largest absolute Gasteiger partial charge is 0.502 e. The minimum atomic E-state index is -4.34. The number of benzene rings is 1. The van der Waals surface area contributed by atoms with Gasteiger partial charge in [0.25, 0.3) is 0 Å². The summed E-state index contributed by atoms with van der Waals surface area (Å²) >= 11 is 0. The van der Waals surface area contributed by atoms with E-state index in [1.54, 1.807) is 0 Å². The van der Waals surface area contributed by atoms with Gasteiger partial charge in [0.1, 0.15) is 0 Å². The van der Waals surface area contributed by atoms with E-state index < -0.39 is 27.6 Å². The van der Waals surface area contributed by atoms with Crippen molar-refractivity contribution in [1.82, 2.24) is 0 Å². The van der Waals surface area contributed by atoms with Gasteiger partial charge in [-0.05, 0) is 0 Å². The molecular weight excluding hydrogens is 240 g/mol. The molecule has 0 aromatic heterocycles. The number of ether oxygens (including phenoxy) is 1. The first kappa shape index (κ1) is 10.6. The highest BCUT2D eigenvalue weighted by Gasteiger charge is 2.32. The molecule has 8 heteroatoms. The van der Waals surface area contributed by atoms with E-state index in [4.69, 9.17) is 4.74 Å². The van der Waals surface area contributed by atoms with Crippen LogP contribution in [0.5, 0.6) is 23.0 Å². The summed E-state index contributed by atoms with van der Waals surface area (Å²) in [5, 5.41) is 9.55. The van der Waals surface area contributed by atoms with Crippen LogP contribution in [0, 0.1) is 0 Å². The maximum atomic E-state index is 11.2. The van der Waals surface area contributed by atoms with Crippen molar-refractivity contribution in [2.45, 2.75) is 0 Å². The number of phenolic OH excluding ortho intramolecular Hbond substituents is 1. The third-order valence-corrected chi connectivity index (χ3v) is 2.67. The maximum absolute atomic E-state index is 11.2. The van der Waals surface area contributed by atoms with Crippen molar-refractivity contribution in [1.29, 1.82) is 0 Å². The summed E-state index contributed by atoms with van der Waals surface area (Å²) in [7, 11) is -3.15. The van der Waals surface area contributed by atoms with Crippen molar-refractivity contribution in [2.24, 2.45) is 0 Å². The molecule has 0 fully saturated rings. The number of rotatable bonds is 2. The predicted octanol–water partition coefficient (Wildman–Crippen LogP) is 0.229. The Morgan fingerprint density at radius 3 is 2.69 bits per heavy atom. The van der Waals surface area contributed by atoms with Crippen LogP contribution in [0.3, 0.4) is 0 Å². The fourth-order valence-corrected chi connectivity index (χ4v) is 2.04. The van der Waals surface area contributed by atoms with Gasteiger partial charge >= 0.3 is 10.4 Å². The molecule has 3 rings (SSSR count). The van der Waals surface area contributed by atoms with Gasteiger partial charge < -0.3 is 18.2 Å². The molecule has 0 spiro atoms. The molecule has 86 valence electrons. The summed E-state index contributed by atoms with van der Waals surface area (Å²) in [6, 6.07) is 1.05. The van der Waals surface area contributed by atoms with Gasteiger partial charge in [0.15, 0.2) is 12.0 Å². The number of aldehydes is 1. The van der Waals surface area contributed by atoms with E-state index in [9.17, 15) is 18.3 Å². The minimum absolute atomic E-state index is 0.0919. The van der Waals surface area contributed by atoms with Gasteiger partial charge in [0, 0.05) is 6.07 Å². The minimum Gasteiger partial charge on any atom is -0.502 e. The van der Waals surface area contributed by atoms with Crippen LogP contribution < -0.4 is 13.1 Å². The molecule has 2 bridgehead atoms. The molecule has 1 aromatic carbocycles. The van der Waals surface area contributed by atoms with Gasteiger partial charge in [0.2, 0.25) is 17.2 Å². The Morgan fingerprint density at radius 2 is 2.12 bits per heavy atom. The Labute approximate surface area is 90.5 Å². The number of hydrogen-bond acceptors (Lipinski definition) is 7. The second kappa shape index (κ2) is 3.27. The summed E-state index contributed by atoms with van der Waals surface area (Å²) < 4.78 is 35.9. The summed E-state index contributed by atoms with van der Waals surface area (Å²) in [5.74, 6) is -1.61. The van der Waals surface area contributed by atoms with Crippen LogP contribution in [-0.2, 0) is 10.4 Å². The van der Waals surface area contributed by atoms with E-state index in [-0.39, 0.29) is 11.3 Å². The molecule has 1 N–H and O–H groups in total. The van der Waals surface area contributed by atoms with Gasteiger partial charge in [-0.1, -0.05) is 0 Å². The monoisotopic (exact) mass is 246 g/mol. The van der Waals surface area contributed by atoms with Gasteiger partial charge in [-0.2, -0.15) is 0 Å². The highest BCUT2D eigenvalue weighted by Crippen LogP contribution is 2.48. The molecule has 0 aliphatic carbocycles. The van der Waals surface area contributed by atoms with Crippen LogP contribution in [0.15, 0.2) is 6.07 Å². The fourth-order valence-electron chi connectivity index (χ4n) is 1.28. The van der Waals surface area contributed by atoms with Gasteiger partial charge in [0.05, 0.1) is 12.7 Å². The van der Waals surface area contributed by atoms with Crippen molar-refractivity contribution >= 4 is 16.7 Å². The molecule has 2 aliphatic heterocycles. The van der Waals surface area contributed by atoms with Crippen LogP contribution in [0.2, 0.25) is 0 Å². The normalized spacial score (nSPS) is 15.8. The number of fused-ring (bicyclic) bond motifs is 4. The number of carbonyl (C=O) groups is 1. The molecule has 0 amide bonds. The standard InChI is InChI=1S/C8H6O7S/c1-13-8-6(10)5-2-4(3-9)7(8)15-16(11,12)14-5/h2-3,10H,1H3. The van der Waals surface area contributed by atoms with Crippen LogP contribution in [0.25, 0.3) is 0 Å². The predicted molar refractivity (Wildman–Crippen MR) is 50.2 cm³/mol. The molecule has 0 saturated carbocycles.